The smallest absolute Gasteiger partial charge is 0 e. The van der Waals surface area contributed by atoms with Gasteiger partial charge in [-0.1, -0.05) is 86.3 Å². The van der Waals surface area contributed by atoms with E-state index in [9.17, 15) is 0 Å². The Morgan fingerprint density at radius 3 is 2.14 bits per heavy atom. The van der Waals surface area contributed by atoms with Crippen LogP contribution in [-0.4, -0.2) is 27.8 Å². The van der Waals surface area contributed by atoms with Crippen molar-refractivity contribution < 1.29 is 28.6 Å². The molecule has 0 atom stereocenters. The molecule has 0 aliphatic heterocycles. The van der Waals surface area contributed by atoms with Crippen molar-refractivity contribution in [3.05, 3.63) is 168 Å². The van der Waals surface area contributed by atoms with Crippen molar-refractivity contribution in [2.75, 3.05) is 0 Å². The number of para-hydroxylation sites is 2. The van der Waals surface area contributed by atoms with E-state index in [-0.39, 0.29) is 25.5 Å². The van der Waals surface area contributed by atoms with Crippen LogP contribution in [0.4, 0.5) is 0 Å². The molecular formula is C51H47GeIrN3O-2. The van der Waals surface area contributed by atoms with Crippen LogP contribution < -0.4 is 4.40 Å². The second kappa shape index (κ2) is 16.1. The average molecular weight is 986 g/mol. The summed E-state index contributed by atoms with van der Waals surface area (Å²) in [6.45, 7) is 6.86. The Morgan fingerprint density at radius 2 is 1.44 bits per heavy atom. The Kier molecular flexibility index (Phi) is 10.2. The van der Waals surface area contributed by atoms with Gasteiger partial charge in [0.2, 0.25) is 0 Å². The largest absolute Gasteiger partial charge is 0 e. The molecule has 3 heterocycles. The van der Waals surface area contributed by atoms with E-state index in [1.165, 1.54) is 32.7 Å². The third-order valence-electron chi connectivity index (χ3n) is 10.2. The second-order valence-electron chi connectivity index (χ2n) is 16.5. The molecule has 0 saturated carbocycles. The quantitative estimate of drug-likeness (QED) is 0.127. The zero-order valence-electron chi connectivity index (χ0n) is 36.4. The Balaban J connectivity index is 0.000000220. The fraction of sp³-hybridized carbons (Fsp3) is 0.176. The van der Waals surface area contributed by atoms with Gasteiger partial charge in [0.05, 0.1) is 22.4 Å². The molecule has 57 heavy (non-hydrogen) atoms. The molecule has 3 aromatic heterocycles. The number of aromatic nitrogens is 3. The summed E-state index contributed by atoms with van der Waals surface area (Å²) in [4.78, 5) is 9.64. The Labute approximate surface area is 357 Å². The minimum absolute atomic E-state index is 0. The maximum atomic E-state index is 7.35. The Bertz CT molecular complexity index is 2880. The number of nitrogens with zero attached hydrogens (tertiary/aromatic N) is 3. The van der Waals surface area contributed by atoms with Crippen molar-refractivity contribution in [2.45, 2.75) is 57.2 Å². The molecule has 0 amide bonds. The van der Waals surface area contributed by atoms with E-state index in [1.807, 2.05) is 30.5 Å². The number of fused-ring (bicyclic) bond motifs is 4. The molecule has 0 saturated heterocycles. The normalized spacial score (nSPS) is 12.7. The van der Waals surface area contributed by atoms with Crippen molar-refractivity contribution in [1.82, 2.24) is 14.5 Å². The summed E-state index contributed by atoms with van der Waals surface area (Å²) in [6, 6.07) is 51.7. The van der Waals surface area contributed by atoms with Gasteiger partial charge in [0.15, 0.2) is 0 Å². The molecule has 0 aliphatic carbocycles. The van der Waals surface area contributed by atoms with Crippen molar-refractivity contribution in [2.24, 2.45) is 0 Å². The second-order valence-corrected chi connectivity index (χ2v) is 27.2. The van der Waals surface area contributed by atoms with Crippen LogP contribution in [0.25, 0.3) is 72.4 Å². The number of hydrogen-bond donors (Lipinski definition) is 0. The predicted octanol–water partition coefficient (Wildman–Crippen LogP) is 13.1. The first-order valence-corrected chi connectivity index (χ1v) is 26.4. The SMILES string of the molecule is Cc1ccc2oc3c[c-]c(-c4nc5ccccc5n4-c4ccc(-c5ccccc5)cc4C(C)(C)C)cc3c2c1.[2H]C([2H])([2H])c1c[c-]c(-c2cc[c]([Ge]([CH3])([CH3])[CH3])cn2)cc1.[Ir]. The molecule has 9 aromatic rings. The van der Waals surface area contributed by atoms with Crippen LogP contribution in [0.3, 0.4) is 0 Å². The van der Waals surface area contributed by atoms with Gasteiger partial charge in [-0.25, -0.2) is 0 Å². The van der Waals surface area contributed by atoms with Crippen LogP contribution in [0.15, 0.2) is 144 Å². The fourth-order valence-electron chi connectivity index (χ4n) is 7.14. The molecule has 4 nitrogen and oxygen atoms in total. The molecular weight excluding hydrogens is 935 g/mol. The molecule has 0 fully saturated rings. The van der Waals surface area contributed by atoms with Crippen LogP contribution in [0.5, 0.6) is 0 Å². The molecule has 0 N–H and O–H groups in total. The van der Waals surface area contributed by atoms with Gasteiger partial charge in [-0.2, -0.15) is 0 Å². The van der Waals surface area contributed by atoms with Gasteiger partial charge in [-0.15, -0.1) is 23.8 Å². The summed E-state index contributed by atoms with van der Waals surface area (Å²) in [5.74, 6) is 7.86. The summed E-state index contributed by atoms with van der Waals surface area (Å²) in [6.07, 6.45) is 1.95. The van der Waals surface area contributed by atoms with Crippen LogP contribution in [-0.2, 0) is 25.5 Å². The van der Waals surface area contributed by atoms with Gasteiger partial charge in [0.25, 0.3) is 0 Å². The van der Waals surface area contributed by atoms with E-state index in [2.05, 4.69) is 158 Å². The molecule has 0 aliphatic rings. The van der Waals surface area contributed by atoms with Crippen molar-refractivity contribution in [1.29, 1.82) is 0 Å². The number of benzene rings is 6. The summed E-state index contributed by atoms with van der Waals surface area (Å²) in [5, 5.41) is 2.20. The van der Waals surface area contributed by atoms with Crippen molar-refractivity contribution in [3.63, 3.8) is 0 Å². The van der Waals surface area contributed by atoms with Gasteiger partial charge >= 0.3 is 110 Å². The van der Waals surface area contributed by atoms with E-state index in [1.54, 1.807) is 12.1 Å². The van der Waals surface area contributed by atoms with Crippen LogP contribution in [0, 0.1) is 25.9 Å². The first-order chi connectivity index (χ1) is 28.0. The molecule has 0 bridgehead atoms. The molecule has 6 aromatic carbocycles. The molecule has 1 radical (unpaired) electrons. The van der Waals surface area contributed by atoms with Gasteiger partial charge < -0.3 is 8.98 Å². The van der Waals surface area contributed by atoms with Gasteiger partial charge in [0, 0.05) is 31.2 Å². The fourth-order valence-corrected chi connectivity index (χ4v) is 9.31. The summed E-state index contributed by atoms with van der Waals surface area (Å²) >= 11 is -1.83. The Morgan fingerprint density at radius 1 is 0.702 bits per heavy atom. The van der Waals surface area contributed by atoms with Crippen LogP contribution in [0.2, 0.25) is 17.3 Å². The topological polar surface area (TPSA) is 43.9 Å². The zero-order chi connectivity index (χ0) is 41.7. The molecule has 9 rings (SSSR count). The minimum Gasteiger partial charge on any atom is 0 e. The van der Waals surface area contributed by atoms with Crippen LogP contribution >= 0.6 is 0 Å². The van der Waals surface area contributed by atoms with E-state index >= 15 is 0 Å². The summed E-state index contributed by atoms with van der Waals surface area (Å²) in [7, 11) is 0. The van der Waals surface area contributed by atoms with E-state index in [4.69, 9.17) is 13.5 Å². The summed E-state index contributed by atoms with van der Waals surface area (Å²) < 4.78 is 31.8. The van der Waals surface area contributed by atoms with Gasteiger partial charge in [-0.3, -0.25) is 4.98 Å². The van der Waals surface area contributed by atoms with E-state index < -0.39 is 20.1 Å². The van der Waals surface area contributed by atoms with Crippen molar-refractivity contribution >= 4 is 50.6 Å². The first kappa shape index (κ1) is 36.3. The third kappa shape index (κ3) is 8.34. The third-order valence-corrected chi connectivity index (χ3v) is 14.5. The number of hydrogen-bond acceptors (Lipinski definition) is 3. The number of pyridine rings is 1. The van der Waals surface area contributed by atoms with Crippen LogP contribution in [0.1, 0.15) is 41.6 Å². The number of aryl methyl sites for hydroxylation is 2. The standard InChI is InChI=1S/C36H29N2O.C15H18GeN.Ir/c1-23-14-18-33-27(20-23)28-21-26(16-19-34(28)39-33)35-37-30-12-8-9-13-32(30)38(35)31-17-15-25(22-29(31)36(2,3)4)24-10-6-5-7-11-24;1-12-5-7-13(8-6-12)15-10-9-14(11-17-15)16(2,3)4;/h5-15,17-22H,1-4H3;5-7,9-11H,1-4H3;/q2*-1;/i;1D3;. The zero-order valence-corrected chi connectivity index (χ0v) is 37.9. The number of imidazole rings is 1. The van der Waals surface area contributed by atoms with E-state index in [0.29, 0.717) is 5.56 Å². The first-order valence-electron chi connectivity index (χ1n) is 20.6. The number of rotatable bonds is 5. The summed E-state index contributed by atoms with van der Waals surface area (Å²) in [5.41, 5.74) is 12.6. The number of furan rings is 1. The maximum Gasteiger partial charge on any atom is 0 e. The Hall–Kier alpha value is -5.07. The average Bonchev–Trinajstić information content (AvgIpc) is 3.78. The maximum absolute atomic E-state index is 7.35. The molecule has 287 valence electrons. The van der Waals surface area contributed by atoms with Gasteiger partial charge in [-0.05, 0) is 65.4 Å². The van der Waals surface area contributed by atoms with E-state index in [0.717, 1.165) is 61.3 Å². The van der Waals surface area contributed by atoms with Crippen molar-refractivity contribution in [3.8, 4) is 39.5 Å². The monoisotopic (exact) mass is 987 g/mol. The predicted molar refractivity (Wildman–Crippen MR) is 238 cm³/mol. The minimum atomic E-state index is -2.08. The molecule has 0 spiro atoms. The molecule has 0 unspecified atom stereocenters. The molecule has 6 heteroatoms. The van der Waals surface area contributed by atoms with Gasteiger partial charge in [0.1, 0.15) is 5.58 Å².